The van der Waals surface area contributed by atoms with Crippen molar-refractivity contribution in [1.82, 2.24) is 20.1 Å². The molecule has 0 spiro atoms. The van der Waals surface area contributed by atoms with E-state index in [0.29, 0.717) is 13.1 Å². The molecule has 0 bridgehead atoms. The van der Waals surface area contributed by atoms with Gasteiger partial charge in [0, 0.05) is 45.5 Å². The van der Waals surface area contributed by atoms with Crippen molar-refractivity contribution in [3.63, 3.8) is 0 Å². The van der Waals surface area contributed by atoms with E-state index in [-0.39, 0.29) is 30.2 Å². The fourth-order valence-corrected chi connectivity index (χ4v) is 5.30. The van der Waals surface area contributed by atoms with Crippen molar-refractivity contribution >= 4 is 23.7 Å². The van der Waals surface area contributed by atoms with Gasteiger partial charge in [-0.2, -0.15) is 0 Å². The number of anilines is 1. The number of imide groups is 1. The van der Waals surface area contributed by atoms with Crippen LogP contribution in [0.5, 0.6) is 0 Å². The number of aromatic nitrogens is 1. The number of fused-ring (bicyclic) bond motifs is 1. The molecular formula is C25H37N5O4. The normalized spacial score (nSPS) is 24.1. The lowest BCUT2D eigenvalue weighted by Crippen LogP contribution is -2.52. The molecule has 1 aliphatic carbocycles. The van der Waals surface area contributed by atoms with Crippen LogP contribution >= 0.6 is 0 Å². The zero-order chi connectivity index (χ0) is 23.9. The molecule has 3 heterocycles. The van der Waals surface area contributed by atoms with E-state index in [4.69, 9.17) is 4.74 Å². The lowest BCUT2D eigenvalue weighted by Gasteiger charge is -2.37. The molecule has 9 nitrogen and oxygen atoms in total. The fraction of sp³-hybridized carbons (Fsp3) is 0.680. The van der Waals surface area contributed by atoms with Gasteiger partial charge in [0.25, 0.3) is 0 Å². The van der Waals surface area contributed by atoms with E-state index in [0.717, 1.165) is 70.5 Å². The van der Waals surface area contributed by atoms with Crippen LogP contribution in [0.3, 0.4) is 0 Å². The van der Waals surface area contributed by atoms with E-state index in [1.807, 2.05) is 18.2 Å². The first kappa shape index (κ1) is 24.4. The molecule has 3 aliphatic rings. The Morgan fingerprint density at radius 2 is 1.79 bits per heavy atom. The Bertz CT molecular complexity index is 819. The maximum absolute atomic E-state index is 13.0. The van der Waals surface area contributed by atoms with Crippen LogP contribution in [-0.4, -0.2) is 84.6 Å². The summed E-state index contributed by atoms with van der Waals surface area (Å²) in [4.78, 5) is 48.7. The summed E-state index contributed by atoms with van der Waals surface area (Å²) < 4.78 is 5.76. The first-order valence-electron chi connectivity index (χ1n) is 12.7. The third-order valence-corrected chi connectivity index (χ3v) is 7.20. The molecule has 1 N–H and O–H groups in total. The summed E-state index contributed by atoms with van der Waals surface area (Å²) in [5.41, 5.74) is 0. The highest BCUT2D eigenvalue weighted by Crippen LogP contribution is 2.38. The summed E-state index contributed by atoms with van der Waals surface area (Å²) >= 11 is 0. The van der Waals surface area contributed by atoms with E-state index in [1.54, 1.807) is 6.20 Å². The van der Waals surface area contributed by atoms with E-state index >= 15 is 0 Å². The Morgan fingerprint density at radius 1 is 1.09 bits per heavy atom. The van der Waals surface area contributed by atoms with Crippen molar-refractivity contribution in [1.29, 1.82) is 0 Å². The number of likely N-dealkylation sites (tertiary alicyclic amines) is 1. The first-order chi connectivity index (χ1) is 16.6. The summed E-state index contributed by atoms with van der Waals surface area (Å²) in [6, 6.07) is 5.90. The average Bonchev–Trinajstić information content (AvgIpc) is 3.10. The van der Waals surface area contributed by atoms with Gasteiger partial charge in [-0.15, -0.1) is 0 Å². The lowest BCUT2D eigenvalue weighted by atomic mass is 9.81. The number of unbranched alkanes of at least 4 members (excludes halogenated alkanes) is 1. The Morgan fingerprint density at radius 3 is 2.41 bits per heavy atom. The fourth-order valence-electron chi connectivity index (χ4n) is 5.30. The van der Waals surface area contributed by atoms with Crippen molar-refractivity contribution in [2.24, 2.45) is 11.8 Å². The molecule has 4 rings (SSSR count). The summed E-state index contributed by atoms with van der Waals surface area (Å²) in [5, 5.41) is 2.79. The summed E-state index contributed by atoms with van der Waals surface area (Å²) in [6.45, 7) is 6.45. The van der Waals surface area contributed by atoms with Crippen LogP contribution in [0.15, 0.2) is 24.4 Å². The number of pyridine rings is 1. The second-order valence-electron chi connectivity index (χ2n) is 9.57. The molecule has 34 heavy (non-hydrogen) atoms. The minimum Gasteiger partial charge on any atom is -0.443 e. The zero-order valence-corrected chi connectivity index (χ0v) is 20.2. The molecule has 0 radical (unpaired) electrons. The molecule has 0 aromatic carbocycles. The van der Waals surface area contributed by atoms with E-state index in [1.165, 1.54) is 4.90 Å². The molecule has 3 fully saturated rings. The Labute approximate surface area is 201 Å². The van der Waals surface area contributed by atoms with Gasteiger partial charge >= 0.3 is 6.09 Å². The number of carbonyl (C=O) groups excluding carboxylic acids is 3. The summed E-state index contributed by atoms with van der Waals surface area (Å²) in [7, 11) is 0. The van der Waals surface area contributed by atoms with Gasteiger partial charge in [-0.1, -0.05) is 32.3 Å². The molecule has 1 aromatic rings. The van der Waals surface area contributed by atoms with Crippen molar-refractivity contribution in [2.75, 3.05) is 50.7 Å². The molecule has 1 aromatic heterocycles. The van der Waals surface area contributed by atoms with Gasteiger partial charge in [0.2, 0.25) is 11.8 Å². The zero-order valence-electron chi connectivity index (χ0n) is 20.2. The summed E-state index contributed by atoms with van der Waals surface area (Å²) in [5.74, 6) is 0.398. The number of carbonyl (C=O) groups is 3. The molecule has 1 saturated carbocycles. The van der Waals surface area contributed by atoms with Crippen LogP contribution in [-0.2, 0) is 14.3 Å². The van der Waals surface area contributed by atoms with Gasteiger partial charge < -0.3 is 15.0 Å². The van der Waals surface area contributed by atoms with Crippen LogP contribution in [0.25, 0.3) is 0 Å². The topological polar surface area (TPSA) is 95.1 Å². The minimum absolute atomic E-state index is 0.0883. The third-order valence-electron chi connectivity index (χ3n) is 7.20. The lowest BCUT2D eigenvalue weighted by molar-refractivity contribution is -0.141. The van der Waals surface area contributed by atoms with Crippen molar-refractivity contribution in [3.05, 3.63) is 24.4 Å². The first-order valence-corrected chi connectivity index (χ1v) is 12.7. The number of alkyl carbamates (subject to hydrolysis) is 1. The number of ether oxygens (including phenoxy) is 1. The smallest absolute Gasteiger partial charge is 0.407 e. The highest BCUT2D eigenvalue weighted by atomic mass is 16.6. The number of hydrogen-bond acceptors (Lipinski definition) is 7. The number of nitrogens with one attached hydrogen (secondary N) is 1. The number of nitrogens with zero attached hydrogens (tertiary/aromatic N) is 4. The van der Waals surface area contributed by atoms with Crippen LogP contribution in [0, 0.1) is 11.8 Å². The number of rotatable bonds is 9. The molecule has 9 heteroatoms. The molecule has 186 valence electrons. The van der Waals surface area contributed by atoms with E-state index < -0.39 is 12.2 Å². The highest BCUT2D eigenvalue weighted by molar-refractivity contribution is 6.05. The minimum atomic E-state index is -0.559. The van der Waals surface area contributed by atoms with Crippen LogP contribution in [0.1, 0.15) is 45.4 Å². The molecule has 2 aliphatic heterocycles. The van der Waals surface area contributed by atoms with Gasteiger partial charge in [-0.25, -0.2) is 9.78 Å². The third kappa shape index (κ3) is 5.87. The highest BCUT2D eigenvalue weighted by Gasteiger charge is 2.48. The molecule has 3 atom stereocenters. The second kappa shape index (κ2) is 11.6. The number of piperazine rings is 1. The largest absolute Gasteiger partial charge is 0.443 e. The van der Waals surface area contributed by atoms with E-state index in [2.05, 4.69) is 27.0 Å². The maximum Gasteiger partial charge on any atom is 0.407 e. The van der Waals surface area contributed by atoms with Gasteiger partial charge in [-0.3, -0.25) is 19.4 Å². The quantitative estimate of drug-likeness (QED) is 0.436. The van der Waals surface area contributed by atoms with Crippen LogP contribution in [0.2, 0.25) is 0 Å². The van der Waals surface area contributed by atoms with E-state index in [9.17, 15) is 14.4 Å². The monoisotopic (exact) mass is 471 g/mol. The Kier molecular flexibility index (Phi) is 8.37. The Balaban J connectivity index is 1.37. The maximum atomic E-state index is 13.0. The standard InChI is InChI=1S/C25H37N5O4/c1-2-3-11-27-25(33)34-19(18-30-23(31)20-8-4-5-9-21(20)24(30)32)17-28-13-15-29(16-14-28)22-10-6-7-12-26-22/h6-7,10,12,19-21H,2-5,8-9,11,13-18H2,1H3,(H,27,33). The van der Waals surface area contributed by atoms with Gasteiger partial charge in [0.05, 0.1) is 18.4 Å². The summed E-state index contributed by atoms with van der Waals surface area (Å²) in [6.07, 6.45) is 6.16. The van der Waals surface area contributed by atoms with Gasteiger partial charge in [-0.05, 0) is 31.4 Å². The predicted octanol–water partition coefficient (Wildman–Crippen LogP) is 2.27. The molecule has 3 unspecified atom stereocenters. The number of amides is 3. The van der Waals surface area contributed by atoms with Crippen LogP contribution in [0.4, 0.5) is 10.6 Å². The molecule has 2 saturated heterocycles. The molecular weight excluding hydrogens is 434 g/mol. The second-order valence-corrected chi connectivity index (χ2v) is 9.57. The number of hydrogen-bond donors (Lipinski definition) is 1. The van der Waals surface area contributed by atoms with Crippen molar-refractivity contribution in [3.8, 4) is 0 Å². The Hall–Kier alpha value is -2.68. The van der Waals surface area contributed by atoms with Crippen LogP contribution < -0.4 is 10.2 Å². The van der Waals surface area contributed by atoms with Crippen molar-refractivity contribution < 1.29 is 19.1 Å². The van der Waals surface area contributed by atoms with Gasteiger partial charge in [0.1, 0.15) is 11.9 Å². The SMILES string of the molecule is CCCCNC(=O)OC(CN1CCN(c2ccccn2)CC1)CN1C(=O)C2CCCCC2C1=O. The predicted molar refractivity (Wildman–Crippen MR) is 128 cm³/mol. The molecule has 3 amide bonds. The van der Waals surface area contributed by atoms with Crippen molar-refractivity contribution in [2.45, 2.75) is 51.6 Å². The average molecular weight is 472 g/mol. The van der Waals surface area contributed by atoms with Gasteiger partial charge in [0.15, 0.2) is 0 Å².